The highest BCUT2D eigenvalue weighted by Gasteiger charge is 2.20. The maximum atomic E-state index is 12.8. The van der Waals surface area contributed by atoms with Gasteiger partial charge < -0.3 is 10.0 Å². The van der Waals surface area contributed by atoms with Crippen LogP contribution in [0.3, 0.4) is 0 Å². The molecule has 0 fully saturated rings. The minimum atomic E-state index is -0.915. The summed E-state index contributed by atoms with van der Waals surface area (Å²) in [6, 6.07) is 5.71. The number of halogens is 1. The predicted molar refractivity (Wildman–Crippen MR) is 73.8 cm³/mol. The molecule has 0 spiro atoms. The first-order chi connectivity index (χ1) is 9.43. The SMILES string of the molecule is CCN(C(=O)CCc1ccc(F)cc1)C(C)CC(=O)O. The second-order valence-electron chi connectivity index (χ2n) is 4.75. The summed E-state index contributed by atoms with van der Waals surface area (Å²) in [5.74, 6) is -1.29. The fourth-order valence-corrected chi connectivity index (χ4v) is 2.14. The molecule has 1 rings (SSSR count). The van der Waals surface area contributed by atoms with Crippen molar-refractivity contribution >= 4 is 11.9 Å². The van der Waals surface area contributed by atoms with Crippen LogP contribution in [0.1, 0.15) is 32.3 Å². The van der Waals surface area contributed by atoms with Crippen molar-refractivity contribution in [3.8, 4) is 0 Å². The molecular formula is C15H20FNO3. The van der Waals surface area contributed by atoms with Crippen LogP contribution in [0.25, 0.3) is 0 Å². The second-order valence-corrected chi connectivity index (χ2v) is 4.75. The van der Waals surface area contributed by atoms with Crippen molar-refractivity contribution in [3.05, 3.63) is 35.6 Å². The van der Waals surface area contributed by atoms with E-state index in [4.69, 9.17) is 5.11 Å². The van der Waals surface area contributed by atoms with Gasteiger partial charge in [-0.2, -0.15) is 0 Å². The number of carbonyl (C=O) groups is 2. The Labute approximate surface area is 118 Å². The molecular weight excluding hydrogens is 261 g/mol. The predicted octanol–water partition coefficient (Wildman–Crippen LogP) is 2.47. The summed E-state index contributed by atoms with van der Waals surface area (Å²) in [7, 11) is 0. The van der Waals surface area contributed by atoms with Gasteiger partial charge in [-0.25, -0.2) is 4.39 Å². The lowest BCUT2D eigenvalue weighted by molar-refractivity contribution is -0.140. The van der Waals surface area contributed by atoms with Gasteiger partial charge in [0, 0.05) is 19.0 Å². The van der Waals surface area contributed by atoms with Crippen molar-refractivity contribution in [2.45, 2.75) is 39.2 Å². The Morgan fingerprint density at radius 1 is 1.30 bits per heavy atom. The fraction of sp³-hybridized carbons (Fsp3) is 0.467. The maximum absolute atomic E-state index is 12.8. The van der Waals surface area contributed by atoms with Crippen LogP contribution in [0.4, 0.5) is 4.39 Å². The topological polar surface area (TPSA) is 57.6 Å². The molecule has 0 aliphatic rings. The van der Waals surface area contributed by atoms with Crippen molar-refractivity contribution < 1.29 is 19.1 Å². The molecule has 20 heavy (non-hydrogen) atoms. The van der Waals surface area contributed by atoms with Crippen LogP contribution in [0, 0.1) is 5.82 Å². The first-order valence-corrected chi connectivity index (χ1v) is 6.69. The van der Waals surface area contributed by atoms with E-state index in [1.807, 2.05) is 6.92 Å². The van der Waals surface area contributed by atoms with Gasteiger partial charge in [-0.3, -0.25) is 9.59 Å². The first-order valence-electron chi connectivity index (χ1n) is 6.69. The number of aryl methyl sites for hydroxylation is 1. The van der Waals surface area contributed by atoms with E-state index in [-0.39, 0.29) is 24.2 Å². The zero-order chi connectivity index (χ0) is 15.1. The quantitative estimate of drug-likeness (QED) is 0.835. The molecule has 0 aromatic heterocycles. The summed E-state index contributed by atoms with van der Waals surface area (Å²) in [5.41, 5.74) is 0.890. The van der Waals surface area contributed by atoms with Gasteiger partial charge in [0.25, 0.3) is 0 Å². The average molecular weight is 281 g/mol. The normalized spacial score (nSPS) is 11.9. The summed E-state index contributed by atoms with van der Waals surface area (Å²) >= 11 is 0. The molecule has 4 nitrogen and oxygen atoms in total. The molecule has 1 amide bonds. The highest BCUT2D eigenvalue weighted by molar-refractivity contribution is 5.77. The molecule has 1 unspecified atom stereocenters. The molecule has 0 saturated heterocycles. The van der Waals surface area contributed by atoms with E-state index < -0.39 is 5.97 Å². The summed E-state index contributed by atoms with van der Waals surface area (Å²) in [6.07, 6.45) is 0.759. The lowest BCUT2D eigenvalue weighted by Crippen LogP contribution is -2.39. The zero-order valence-electron chi connectivity index (χ0n) is 11.8. The molecule has 0 saturated carbocycles. The van der Waals surface area contributed by atoms with E-state index >= 15 is 0 Å². The molecule has 1 aromatic carbocycles. The van der Waals surface area contributed by atoms with E-state index in [0.29, 0.717) is 19.4 Å². The van der Waals surface area contributed by atoms with Crippen molar-refractivity contribution in [2.24, 2.45) is 0 Å². The molecule has 110 valence electrons. The van der Waals surface area contributed by atoms with Gasteiger partial charge in [0.05, 0.1) is 6.42 Å². The third-order valence-electron chi connectivity index (χ3n) is 3.20. The van der Waals surface area contributed by atoms with Gasteiger partial charge in [-0.05, 0) is 38.0 Å². The number of carbonyl (C=O) groups excluding carboxylic acids is 1. The highest BCUT2D eigenvalue weighted by atomic mass is 19.1. The van der Waals surface area contributed by atoms with Crippen molar-refractivity contribution in [1.29, 1.82) is 0 Å². The number of hydrogen-bond acceptors (Lipinski definition) is 2. The summed E-state index contributed by atoms with van der Waals surface area (Å²) in [6.45, 7) is 4.04. The van der Waals surface area contributed by atoms with Gasteiger partial charge in [0.15, 0.2) is 0 Å². The van der Waals surface area contributed by atoms with Crippen LogP contribution in [0.2, 0.25) is 0 Å². The molecule has 1 atom stereocenters. The summed E-state index contributed by atoms with van der Waals surface area (Å²) in [5, 5.41) is 8.77. The Morgan fingerprint density at radius 3 is 2.40 bits per heavy atom. The van der Waals surface area contributed by atoms with Crippen LogP contribution in [-0.2, 0) is 16.0 Å². The summed E-state index contributed by atoms with van der Waals surface area (Å²) < 4.78 is 12.8. The van der Waals surface area contributed by atoms with Crippen LogP contribution in [-0.4, -0.2) is 34.5 Å². The third-order valence-corrected chi connectivity index (χ3v) is 3.20. The minimum absolute atomic E-state index is 0.0594. The van der Waals surface area contributed by atoms with Crippen molar-refractivity contribution in [3.63, 3.8) is 0 Å². The number of carboxylic acids is 1. The number of aliphatic carboxylic acids is 1. The average Bonchev–Trinajstić information content (AvgIpc) is 2.38. The molecule has 1 N–H and O–H groups in total. The molecule has 0 heterocycles. The van der Waals surface area contributed by atoms with Crippen molar-refractivity contribution in [1.82, 2.24) is 4.90 Å². The van der Waals surface area contributed by atoms with E-state index in [9.17, 15) is 14.0 Å². The number of rotatable bonds is 7. The Kier molecular flexibility index (Phi) is 6.15. The molecule has 0 radical (unpaired) electrons. The standard InChI is InChI=1S/C15H20FNO3/c1-3-17(11(2)10-15(19)20)14(18)9-6-12-4-7-13(16)8-5-12/h4-5,7-8,11H,3,6,9-10H2,1-2H3,(H,19,20). The summed E-state index contributed by atoms with van der Waals surface area (Å²) in [4.78, 5) is 24.4. The van der Waals surface area contributed by atoms with Gasteiger partial charge >= 0.3 is 5.97 Å². The number of benzene rings is 1. The second kappa shape index (κ2) is 7.62. The largest absolute Gasteiger partial charge is 0.481 e. The Hall–Kier alpha value is -1.91. The smallest absolute Gasteiger partial charge is 0.305 e. The highest BCUT2D eigenvalue weighted by Crippen LogP contribution is 2.10. The molecule has 0 aliphatic carbocycles. The fourth-order valence-electron chi connectivity index (χ4n) is 2.14. The van der Waals surface area contributed by atoms with Gasteiger partial charge in [0.1, 0.15) is 5.82 Å². The molecule has 5 heteroatoms. The molecule has 0 bridgehead atoms. The first kappa shape index (κ1) is 16.1. The van der Waals surface area contributed by atoms with E-state index in [2.05, 4.69) is 0 Å². The Balaban J connectivity index is 2.54. The zero-order valence-corrected chi connectivity index (χ0v) is 11.8. The monoisotopic (exact) mass is 281 g/mol. The molecule has 0 aliphatic heterocycles. The van der Waals surface area contributed by atoms with Crippen LogP contribution in [0.5, 0.6) is 0 Å². The number of carboxylic acid groups (broad SMARTS) is 1. The lowest BCUT2D eigenvalue weighted by atomic mass is 10.1. The van der Waals surface area contributed by atoms with E-state index in [1.165, 1.54) is 12.1 Å². The van der Waals surface area contributed by atoms with Gasteiger partial charge in [0.2, 0.25) is 5.91 Å². The van der Waals surface area contributed by atoms with Gasteiger partial charge in [-0.1, -0.05) is 12.1 Å². The van der Waals surface area contributed by atoms with E-state index in [1.54, 1.807) is 24.0 Å². The lowest BCUT2D eigenvalue weighted by Gasteiger charge is -2.27. The number of amides is 1. The third kappa shape index (κ3) is 4.99. The minimum Gasteiger partial charge on any atom is -0.481 e. The van der Waals surface area contributed by atoms with Crippen LogP contribution in [0.15, 0.2) is 24.3 Å². The van der Waals surface area contributed by atoms with Crippen LogP contribution < -0.4 is 0 Å². The van der Waals surface area contributed by atoms with Crippen LogP contribution >= 0.6 is 0 Å². The maximum Gasteiger partial charge on any atom is 0.305 e. The number of hydrogen-bond donors (Lipinski definition) is 1. The Bertz CT molecular complexity index is 459. The van der Waals surface area contributed by atoms with Crippen molar-refractivity contribution in [2.75, 3.05) is 6.54 Å². The number of nitrogens with zero attached hydrogens (tertiary/aromatic N) is 1. The molecule has 1 aromatic rings. The Morgan fingerprint density at radius 2 is 1.90 bits per heavy atom. The van der Waals surface area contributed by atoms with Gasteiger partial charge in [-0.15, -0.1) is 0 Å². The van der Waals surface area contributed by atoms with E-state index in [0.717, 1.165) is 5.56 Å².